The number of aromatic amines is 1. The molecule has 1 heterocycles. The van der Waals surface area contributed by atoms with Crippen molar-refractivity contribution >= 4 is 5.69 Å². The van der Waals surface area contributed by atoms with Gasteiger partial charge in [0, 0.05) is 6.54 Å². The Balaban J connectivity index is 3.00. The van der Waals surface area contributed by atoms with Crippen LogP contribution < -0.4 is 11.5 Å². The van der Waals surface area contributed by atoms with Crippen LogP contribution in [0.25, 0.3) is 0 Å². The molecule has 0 unspecified atom stereocenters. The fourth-order valence-corrected chi connectivity index (χ4v) is 0.998. The molecule has 0 saturated heterocycles. The van der Waals surface area contributed by atoms with E-state index >= 15 is 0 Å². The zero-order valence-electron chi connectivity index (χ0n) is 6.89. The van der Waals surface area contributed by atoms with Gasteiger partial charge in [-0.05, 0) is 5.92 Å². The lowest BCUT2D eigenvalue weighted by Gasteiger charge is -2.00. The Hall–Kier alpha value is -1.03. The molecule has 0 aliphatic rings. The Morgan fingerprint density at radius 1 is 1.55 bits per heavy atom. The van der Waals surface area contributed by atoms with Crippen molar-refractivity contribution in [1.82, 2.24) is 10.2 Å². The highest BCUT2D eigenvalue weighted by Crippen LogP contribution is 2.21. The summed E-state index contributed by atoms with van der Waals surface area (Å²) in [6, 6.07) is 0. The van der Waals surface area contributed by atoms with Crippen LogP contribution in [0.1, 0.15) is 31.2 Å². The topological polar surface area (TPSA) is 80.7 Å². The molecule has 0 amide bonds. The number of hydrogen-bond donors (Lipinski definition) is 3. The predicted octanol–water partition coefficient (Wildman–Crippen LogP) is 0.574. The van der Waals surface area contributed by atoms with Gasteiger partial charge in [-0.25, -0.2) is 0 Å². The smallest absolute Gasteiger partial charge is 0.0880 e. The molecule has 4 heteroatoms. The minimum Gasteiger partial charge on any atom is -0.396 e. The average Bonchev–Trinajstić information content (AvgIpc) is 2.30. The third kappa shape index (κ3) is 1.35. The third-order valence-electron chi connectivity index (χ3n) is 1.66. The van der Waals surface area contributed by atoms with Gasteiger partial charge in [-0.2, -0.15) is 5.10 Å². The predicted molar refractivity (Wildman–Crippen MR) is 45.0 cm³/mol. The van der Waals surface area contributed by atoms with E-state index in [1.54, 1.807) is 0 Å². The molecule has 4 nitrogen and oxygen atoms in total. The number of H-pyrrole nitrogens is 1. The number of nitrogens with one attached hydrogen (secondary N) is 1. The van der Waals surface area contributed by atoms with E-state index in [1.807, 2.05) is 13.8 Å². The first-order valence-corrected chi connectivity index (χ1v) is 3.69. The van der Waals surface area contributed by atoms with E-state index in [2.05, 4.69) is 10.2 Å². The number of nitrogens with zero attached hydrogens (tertiary/aromatic N) is 1. The molecule has 0 aliphatic heterocycles. The zero-order valence-corrected chi connectivity index (χ0v) is 6.89. The van der Waals surface area contributed by atoms with Crippen molar-refractivity contribution < 1.29 is 0 Å². The van der Waals surface area contributed by atoms with Crippen LogP contribution in [0.3, 0.4) is 0 Å². The van der Waals surface area contributed by atoms with Gasteiger partial charge in [-0.1, -0.05) is 13.8 Å². The second-order valence-corrected chi connectivity index (χ2v) is 2.86. The van der Waals surface area contributed by atoms with E-state index in [9.17, 15) is 0 Å². The van der Waals surface area contributed by atoms with Crippen LogP contribution in [-0.4, -0.2) is 10.2 Å². The molecule has 1 aromatic rings. The first kappa shape index (κ1) is 8.07. The molecule has 0 spiro atoms. The van der Waals surface area contributed by atoms with Crippen molar-refractivity contribution in [3.05, 3.63) is 11.4 Å². The highest BCUT2D eigenvalue weighted by molar-refractivity contribution is 5.48. The van der Waals surface area contributed by atoms with E-state index < -0.39 is 0 Å². The summed E-state index contributed by atoms with van der Waals surface area (Å²) in [6.45, 7) is 4.52. The van der Waals surface area contributed by atoms with Gasteiger partial charge >= 0.3 is 0 Å². The first-order valence-electron chi connectivity index (χ1n) is 3.69. The summed E-state index contributed by atoms with van der Waals surface area (Å²) in [5, 5.41) is 6.86. The molecule has 11 heavy (non-hydrogen) atoms. The molecule has 0 aliphatic carbocycles. The van der Waals surface area contributed by atoms with Crippen LogP contribution in [0, 0.1) is 0 Å². The molecule has 0 aromatic carbocycles. The van der Waals surface area contributed by atoms with Crippen molar-refractivity contribution in [2.75, 3.05) is 5.73 Å². The molecule has 0 fully saturated rings. The standard InChI is InChI=1S/C7H14N4/c1-4(2)7-6(9)5(3-8)10-11-7/h4H,3,8-9H2,1-2H3,(H,10,11). The van der Waals surface area contributed by atoms with Crippen molar-refractivity contribution in [3.63, 3.8) is 0 Å². The number of nitrogens with two attached hydrogens (primary N) is 2. The van der Waals surface area contributed by atoms with E-state index in [0.717, 1.165) is 11.4 Å². The first-order chi connectivity index (χ1) is 5.16. The van der Waals surface area contributed by atoms with Crippen LogP contribution >= 0.6 is 0 Å². The van der Waals surface area contributed by atoms with Gasteiger partial charge < -0.3 is 11.5 Å². The molecule has 0 atom stereocenters. The molecule has 0 bridgehead atoms. The van der Waals surface area contributed by atoms with E-state index in [1.165, 1.54) is 0 Å². The largest absolute Gasteiger partial charge is 0.396 e. The molecule has 62 valence electrons. The number of hydrogen-bond acceptors (Lipinski definition) is 3. The Labute approximate surface area is 66.0 Å². The van der Waals surface area contributed by atoms with Crippen molar-refractivity contribution in [3.8, 4) is 0 Å². The number of nitrogen functional groups attached to an aromatic ring is 1. The fourth-order valence-electron chi connectivity index (χ4n) is 0.998. The fraction of sp³-hybridized carbons (Fsp3) is 0.571. The lowest BCUT2D eigenvalue weighted by Crippen LogP contribution is -2.01. The van der Waals surface area contributed by atoms with Crippen LogP contribution in [0.4, 0.5) is 5.69 Å². The molecule has 0 radical (unpaired) electrons. The Morgan fingerprint density at radius 3 is 2.45 bits per heavy atom. The minimum atomic E-state index is 0.353. The maximum absolute atomic E-state index is 5.74. The molecule has 1 aromatic heterocycles. The number of aromatic nitrogens is 2. The average molecular weight is 154 g/mol. The molecular weight excluding hydrogens is 140 g/mol. The quantitative estimate of drug-likeness (QED) is 0.582. The van der Waals surface area contributed by atoms with E-state index in [-0.39, 0.29) is 0 Å². The summed E-state index contributed by atoms with van der Waals surface area (Å²) < 4.78 is 0. The zero-order chi connectivity index (χ0) is 8.43. The second kappa shape index (κ2) is 2.92. The second-order valence-electron chi connectivity index (χ2n) is 2.86. The molecule has 0 saturated carbocycles. The summed E-state index contributed by atoms with van der Waals surface area (Å²) >= 11 is 0. The van der Waals surface area contributed by atoms with Crippen LogP contribution in [0.15, 0.2) is 0 Å². The van der Waals surface area contributed by atoms with Crippen LogP contribution in [0.5, 0.6) is 0 Å². The van der Waals surface area contributed by atoms with Gasteiger partial charge in [0.1, 0.15) is 0 Å². The Bertz CT molecular complexity index is 239. The molecule has 1 rings (SSSR count). The van der Waals surface area contributed by atoms with Gasteiger partial charge in [0.25, 0.3) is 0 Å². The summed E-state index contributed by atoms with van der Waals surface area (Å²) in [5.74, 6) is 0.353. The van der Waals surface area contributed by atoms with Crippen molar-refractivity contribution in [2.45, 2.75) is 26.3 Å². The third-order valence-corrected chi connectivity index (χ3v) is 1.66. The highest BCUT2D eigenvalue weighted by Gasteiger charge is 2.10. The number of anilines is 1. The summed E-state index contributed by atoms with van der Waals surface area (Å²) in [6.07, 6.45) is 0. The Kier molecular flexibility index (Phi) is 2.14. The van der Waals surface area contributed by atoms with Gasteiger partial charge in [0.05, 0.1) is 17.1 Å². The number of rotatable bonds is 2. The lowest BCUT2D eigenvalue weighted by molar-refractivity contribution is 0.809. The van der Waals surface area contributed by atoms with Gasteiger partial charge in [0.2, 0.25) is 0 Å². The van der Waals surface area contributed by atoms with E-state index in [0.29, 0.717) is 18.2 Å². The monoisotopic (exact) mass is 154 g/mol. The molecular formula is C7H14N4. The normalized spacial score (nSPS) is 10.9. The van der Waals surface area contributed by atoms with Crippen molar-refractivity contribution in [2.24, 2.45) is 5.73 Å². The Morgan fingerprint density at radius 2 is 2.18 bits per heavy atom. The highest BCUT2D eigenvalue weighted by atomic mass is 15.1. The van der Waals surface area contributed by atoms with Crippen LogP contribution in [0.2, 0.25) is 0 Å². The minimum absolute atomic E-state index is 0.353. The van der Waals surface area contributed by atoms with Crippen LogP contribution in [-0.2, 0) is 6.54 Å². The lowest BCUT2D eigenvalue weighted by atomic mass is 10.1. The summed E-state index contributed by atoms with van der Waals surface area (Å²) in [4.78, 5) is 0. The maximum atomic E-state index is 5.74. The van der Waals surface area contributed by atoms with Crippen molar-refractivity contribution in [1.29, 1.82) is 0 Å². The van der Waals surface area contributed by atoms with Gasteiger partial charge in [-0.15, -0.1) is 0 Å². The van der Waals surface area contributed by atoms with E-state index in [4.69, 9.17) is 11.5 Å². The maximum Gasteiger partial charge on any atom is 0.0880 e. The van der Waals surface area contributed by atoms with Gasteiger partial charge in [-0.3, -0.25) is 5.10 Å². The SMILES string of the molecule is CC(C)c1n[nH]c(CN)c1N. The summed E-state index contributed by atoms with van der Waals surface area (Å²) in [7, 11) is 0. The van der Waals surface area contributed by atoms with Gasteiger partial charge in [0.15, 0.2) is 0 Å². The summed E-state index contributed by atoms with van der Waals surface area (Å²) in [5.41, 5.74) is 13.6. The molecule has 5 N–H and O–H groups in total.